The van der Waals surface area contributed by atoms with Gasteiger partial charge in [0.2, 0.25) is 0 Å². The molecule has 56 heavy (non-hydrogen) atoms. The number of fused-ring (bicyclic) bond motifs is 2. The average Bonchev–Trinajstić information content (AvgIpc) is 3.80. The quantitative estimate of drug-likeness (QED) is 0.100. The second-order valence-electron chi connectivity index (χ2n) is 14.9. The van der Waals surface area contributed by atoms with E-state index in [4.69, 9.17) is 15.6 Å². The number of hydrogen-bond acceptors (Lipinski definition) is 6. The Hall–Kier alpha value is -4.34. The molecule has 0 saturated heterocycles. The van der Waals surface area contributed by atoms with Gasteiger partial charge >= 0.3 is 18.3 Å². The summed E-state index contributed by atoms with van der Waals surface area (Å²) in [5.41, 5.74) is 7.75. The summed E-state index contributed by atoms with van der Waals surface area (Å²) >= 11 is 1.15. The molecule has 2 aromatic heterocycles. The lowest BCUT2D eigenvalue weighted by atomic mass is 9.96. The Morgan fingerprint density at radius 1 is 0.964 bits per heavy atom. The van der Waals surface area contributed by atoms with Gasteiger partial charge < -0.3 is 10.5 Å². The van der Waals surface area contributed by atoms with Gasteiger partial charge in [0.1, 0.15) is 11.9 Å². The van der Waals surface area contributed by atoms with Crippen LogP contribution in [0, 0.1) is 11.7 Å². The molecule has 2 N–H and O–H groups in total. The third-order valence-corrected chi connectivity index (χ3v) is 11.3. The summed E-state index contributed by atoms with van der Waals surface area (Å²) in [4.78, 5) is 14.3. The number of esters is 1. The Labute approximate surface area is 325 Å². The van der Waals surface area contributed by atoms with Crippen LogP contribution >= 0.6 is 11.9 Å². The SMILES string of the molecule is CCc1cccc(CC)c1-n1nc2c(c1-c1ccc(F)c3c1ccn3SC[C@H](N)C(=O)OCC(C)C)CN(Cc1ccc(C(F)(F)F)cc1C(F)(F)F)C2(C)C. The van der Waals surface area contributed by atoms with E-state index in [-0.39, 0.29) is 48.5 Å². The number of hydrogen-bond donors (Lipinski definition) is 1. The number of rotatable bonds is 12. The fourth-order valence-electron chi connectivity index (χ4n) is 7.26. The zero-order chi connectivity index (χ0) is 40.9. The maximum absolute atomic E-state index is 15.8. The lowest BCUT2D eigenvalue weighted by Gasteiger charge is -2.33. The van der Waals surface area contributed by atoms with Gasteiger partial charge in [0.25, 0.3) is 0 Å². The third-order valence-electron chi connectivity index (χ3n) is 10.3. The number of halogens is 7. The molecule has 3 aromatic carbocycles. The maximum atomic E-state index is 15.8. The van der Waals surface area contributed by atoms with Crippen molar-refractivity contribution in [1.29, 1.82) is 0 Å². The largest absolute Gasteiger partial charge is 0.464 e. The zero-order valence-electron chi connectivity index (χ0n) is 31.9. The van der Waals surface area contributed by atoms with Gasteiger partial charge in [-0.2, -0.15) is 31.4 Å². The predicted molar refractivity (Wildman–Crippen MR) is 204 cm³/mol. The highest BCUT2D eigenvalue weighted by molar-refractivity contribution is 7.98. The standard InChI is InChI=1S/C41H44F7N5O2S/c1-7-24-10-9-11-25(8-2)34(24)53-35(28-14-15-32(42)36-29(28)16-17-52(36)56-22-33(49)38(54)55-21-23(3)4)30-20-51(39(5,6)37(30)50-53)19-26-12-13-27(40(43,44)45)18-31(26)41(46,47)48/h9-18,23,33H,7-8,19-22,49H2,1-6H3/t33-/m0/s1. The number of aryl methyl sites for hydroxylation is 2. The summed E-state index contributed by atoms with van der Waals surface area (Å²) in [5.74, 6) is -0.844. The predicted octanol–water partition coefficient (Wildman–Crippen LogP) is 10.1. The van der Waals surface area contributed by atoms with E-state index in [1.807, 2.05) is 64.4 Å². The number of carbonyl (C=O) groups is 1. The van der Waals surface area contributed by atoms with Crippen LogP contribution in [0.4, 0.5) is 30.7 Å². The molecule has 3 heterocycles. The first-order valence-electron chi connectivity index (χ1n) is 18.4. The van der Waals surface area contributed by atoms with Crippen LogP contribution in [-0.4, -0.2) is 43.0 Å². The van der Waals surface area contributed by atoms with Gasteiger partial charge in [-0.1, -0.05) is 52.0 Å². The summed E-state index contributed by atoms with van der Waals surface area (Å²) in [6.07, 6.45) is -6.95. The Morgan fingerprint density at radius 2 is 1.64 bits per heavy atom. The highest BCUT2D eigenvalue weighted by Crippen LogP contribution is 2.48. The number of benzene rings is 3. The molecule has 0 aliphatic carbocycles. The van der Waals surface area contributed by atoms with Gasteiger partial charge in [-0.3, -0.25) is 13.7 Å². The molecule has 300 valence electrons. The monoisotopic (exact) mass is 803 g/mol. The van der Waals surface area contributed by atoms with E-state index in [0.29, 0.717) is 46.8 Å². The summed E-state index contributed by atoms with van der Waals surface area (Å²) in [7, 11) is 0. The number of ether oxygens (including phenoxy) is 1. The lowest BCUT2D eigenvalue weighted by molar-refractivity contribution is -0.146. The van der Waals surface area contributed by atoms with E-state index in [0.717, 1.165) is 34.8 Å². The number of nitrogens with zero attached hydrogens (tertiary/aromatic N) is 4. The van der Waals surface area contributed by atoms with Gasteiger partial charge in [-0.25, -0.2) is 9.07 Å². The van der Waals surface area contributed by atoms with Crippen LogP contribution in [0.3, 0.4) is 0 Å². The second-order valence-corrected chi connectivity index (χ2v) is 15.9. The van der Waals surface area contributed by atoms with Crippen LogP contribution in [-0.2, 0) is 53.4 Å². The van der Waals surface area contributed by atoms with Crippen molar-refractivity contribution in [3.05, 3.63) is 106 Å². The highest BCUT2D eigenvalue weighted by Gasteiger charge is 2.45. The minimum Gasteiger partial charge on any atom is -0.464 e. The molecule has 1 atom stereocenters. The van der Waals surface area contributed by atoms with Gasteiger partial charge in [0.15, 0.2) is 0 Å². The molecule has 15 heteroatoms. The van der Waals surface area contributed by atoms with Crippen LogP contribution in [0.1, 0.15) is 80.6 Å². The number of alkyl halides is 6. The van der Waals surface area contributed by atoms with Crippen LogP contribution in [0.2, 0.25) is 0 Å². The lowest BCUT2D eigenvalue weighted by Crippen LogP contribution is -2.36. The van der Waals surface area contributed by atoms with Crippen molar-refractivity contribution in [3.8, 4) is 16.9 Å². The summed E-state index contributed by atoms with van der Waals surface area (Å²) in [6.45, 7) is 11.5. The Morgan fingerprint density at radius 3 is 2.25 bits per heavy atom. The fourth-order valence-corrected chi connectivity index (χ4v) is 8.18. The molecule has 1 aliphatic heterocycles. The van der Waals surface area contributed by atoms with Gasteiger partial charge in [-0.05, 0) is 91.6 Å². The van der Waals surface area contributed by atoms with Gasteiger partial charge in [0, 0.05) is 41.6 Å². The van der Waals surface area contributed by atoms with Crippen molar-refractivity contribution in [2.75, 3.05) is 12.4 Å². The number of para-hydroxylation sites is 1. The minimum absolute atomic E-state index is 0.105. The molecule has 0 fully saturated rings. The van der Waals surface area contributed by atoms with Crippen molar-refractivity contribution in [2.45, 2.75) is 91.4 Å². The summed E-state index contributed by atoms with van der Waals surface area (Å²) < 4.78 is 108. The van der Waals surface area contributed by atoms with E-state index >= 15 is 4.39 Å². The highest BCUT2D eigenvalue weighted by atomic mass is 32.2. The normalized spacial score (nSPS) is 15.2. The van der Waals surface area contributed by atoms with Crippen molar-refractivity contribution >= 4 is 28.8 Å². The van der Waals surface area contributed by atoms with Crippen LogP contribution in [0.25, 0.3) is 27.8 Å². The first kappa shape index (κ1) is 41.3. The van der Waals surface area contributed by atoms with E-state index in [2.05, 4.69) is 0 Å². The number of nitrogens with two attached hydrogens (primary N) is 1. The molecule has 0 radical (unpaired) electrons. The number of carbonyl (C=O) groups excluding carboxylic acids is 1. The molecule has 6 rings (SSSR count). The first-order chi connectivity index (χ1) is 26.3. The van der Waals surface area contributed by atoms with Crippen LogP contribution in [0.5, 0.6) is 0 Å². The maximum Gasteiger partial charge on any atom is 0.416 e. The molecule has 0 unspecified atom stereocenters. The average molecular weight is 804 g/mol. The van der Waals surface area contributed by atoms with E-state index in [1.54, 1.807) is 27.2 Å². The summed E-state index contributed by atoms with van der Waals surface area (Å²) in [6, 6.07) is 11.5. The van der Waals surface area contributed by atoms with Gasteiger partial charge in [0.05, 0.1) is 45.9 Å². The van der Waals surface area contributed by atoms with Crippen molar-refractivity contribution in [1.82, 2.24) is 18.7 Å². The molecule has 1 aliphatic rings. The first-order valence-corrected chi connectivity index (χ1v) is 19.3. The van der Waals surface area contributed by atoms with E-state index < -0.39 is 46.8 Å². The van der Waals surface area contributed by atoms with Gasteiger partial charge in [-0.15, -0.1) is 0 Å². The Kier molecular flexibility index (Phi) is 11.5. The topological polar surface area (TPSA) is 78.3 Å². The molecule has 0 bridgehead atoms. The molecule has 0 saturated carbocycles. The Balaban J connectivity index is 1.48. The summed E-state index contributed by atoms with van der Waals surface area (Å²) in [5, 5.41) is 5.72. The Bertz CT molecular complexity index is 2240. The zero-order valence-corrected chi connectivity index (χ0v) is 32.7. The molecular weight excluding hydrogens is 760 g/mol. The second kappa shape index (κ2) is 15.5. The molecule has 0 amide bonds. The van der Waals surface area contributed by atoms with Crippen molar-refractivity contribution in [2.24, 2.45) is 11.7 Å². The minimum atomic E-state index is -5.03. The van der Waals surface area contributed by atoms with E-state index in [9.17, 15) is 31.1 Å². The van der Waals surface area contributed by atoms with Crippen LogP contribution in [0.15, 0.2) is 60.8 Å². The smallest absolute Gasteiger partial charge is 0.416 e. The third kappa shape index (κ3) is 7.82. The number of aromatic nitrogens is 3. The molecule has 5 aromatic rings. The molecule has 7 nitrogen and oxygen atoms in total. The van der Waals surface area contributed by atoms with Crippen LogP contribution < -0.4 is 5.73 Å². The molecular formula is C41H44F7N5O2S. The molecule has 0 spiro atoms. The van der Waals surface area contributed by atoms with Crippen molar-refractivity contribution in [3.63, 3.8) is 0 Å². The fraction of sp³-hybridized carbons (Fsp3) is 0.415. The van der Waals surface area contributed by atoms with E-state index in [1.165, 1.54) is 6.07 Å². The van der Waals surface area contributed by atoms with Crippen molar-refractivity contribution < 1.29 is 40.3 Å².